The van der Waals surface area contributed by atoms with Gasteiger partial charge in [0.05, 0.1) is 11.1 Å². The Balaban J connectivity index is 1.72. The Labute approximate surface area is 241 Å². The van der Waals surface area contributed by atoms with Crippen LogP contribution in [-0.2, 0) is 10.2 Å². The summed E-state index contributed by atoms with van der Waals surface area (Å²) in [5.41, 5.74) is 6.60. The molecule has 0 radical (unpaired) electrons. The summed E-state index contributed by atoms with van der Waals surface area (Å²) in [6, 6.07) is 19.3. The fourth-order valence-corrected chi connectivity index (χ4v) is 5.09. The first-order valence-electron chi connectivity index (χ1n) is 14.7. The van der Waals surface area contributed by atoms with Crippen LogP contribution >= 0.6 is 0 Å². The van der Waals surface area contributed by atoms with Crippen LogP contribution in [0.3, 0.4) is 0 Å². The summed E-state index contributed by atoms with van der Waals surface area (Å²) in [6.45, 7) is 19.2. The van der Waals surface area contributed by atoms with E-state index in [1.807, 2.05) is 39.8 Å². The Morgan fingerprint density at radius 1 is 0.700 bits per heavy atom. The van der Waals surface area contributed by atoms with Crippen molar-refractivity contribution in [3.8, 4) is 5.75 Å². The molecular formula is C36H46O4. The minimum Gasteiger partial charge on any atom is -0.456 e. The summed E-state index contributed by atoms with van der Waals surface area (Å²) < 4.78 is 11.4. The largest absolute Gasteiger partial charge is 0.456 e. The summed E-state index contributed by atoms with van der Waals surface area (Å²) in [6.07, 6.45) is 3.71. The minimum atomic E-state index is -0.496. The highest BCUT2D eigenvalue weighted by atomic mass is 16.6. The fourth-order valence-electron chi connectivity index (χ4n) is 5.09. The van der Waals surface area contributed by atoms with Gasteiger partial charge in [-0.2, -0.15) is 0 Å². The lowest BCUT2D eigenvalue weighted by Gasteiger charge is -2.30. The van der Waals surface area contributed by atoms with Gasteiger partial charge in [0, 0.05) is 5.92 Å². The Bertz CT molecular complexity index is 1330. The highest BCUT2D eigenvalue weighted by molar-refractivity contribution is 5.94. The van der Waals surface area contributed by atoms with E-state index in [0.29, 0.717) is 16.9 Å². The quantitative estimate of drug-likeness (QED) is 0.179. The molecule has 0 N–H and O–H groups in total. The van der Waals surface area contributed by atoms with E-state index in [-0.39, 0.29) is 17.3 Å². The Morgan fingerprint density at radius 3 is 1.68 bits per heavy atom. The van der Waals surface area contributed by atoms with Crippen LogP contribution in [0.25, 0.3) is 0 Å². The molecule has 0 aromatic heterocycles. The maximum Gasteiger partial charge on any atom is 0.343 e. The number of carbonyl (C=O) groups excluding carboxylic acids is 2. The van der Waals surface area contributed by atoms with Gasteiger partial charge < -0.3 is 9.47 Å². The van der Waals surface area contributed by atoms with Gasteiger partial charge in [-0.3, -0.25) is 0 Å². The predicted octanol–water partition coefficient (Wildman–Crippen LogP) is 9.49. The second kappa shape index (κ2) is 12.8. The lowest BCUT2D eigenvalue weighted by Crippen LogP contribution is -2.30. The molecule has 3 aromatic rings. The molecule has 214 valence electrons. The number of ether oxygens (including phenoxy) is 2. The lowest BCUT2D eigenvalue weighted by molar-refractivity contribution is -0.0131. The van der Waals surface area contributed by atoms with Gasteiger partial charge in [0.25, 0.3) is 0 Å². The van der Waals surface area contributed by atoms with Gasteiger partial charge in [-0.1, -0.05) is 71.9 Å². The van der Waals surface area contributed by atoms with Gasteiger partial charge in [-0.05, 0) is 110 Å². The average Bonchev–Trinajstić information content (AvgIpc) is 2.97. The molecule has 0 heterocycles. The molecule has 0 amide bonds. The van der Waals surface area contributed by atoms with Crippen LogP contribution in [0.15, 0.2) is 60.7 Å². The average molecular weight is 543 g/mol. The first kappa shape index (κ1) is 31.1. The zero-order valence-corrected chi connectivity index (χ0v) is 25.8. The number of esters is 2. The van der Waals surface area contributed by atoms with Gasteiger partial charge >= 0.3 is 11.9 Å². The zero-order valence-electron chi connectivity index (χ0n) is 25.8. The van der Waals surface area contributed by atoms with Crippen molar-refractivity contribution in [3.05, 3.63) is 99.6 Å². The molecule has 1 atom stereocenters. The Hall–Kier alpha value is -3.40. The van der Waals surface area contributed by atoms with Crippen molar-refractivity contribution in [2.75, 3.05) is 0 Å². The van der Waals surface area contributed by atoms with Gasteiger partial charge in [0.2, 0.25) is 0 Å². The normalized spacial score (nSPS) is 12.6. The molecule has 0 saturated heterocycles. The van der Waals surface area contributed by atoms with Gasteiger partial charge in [-0.25, -0.2) is 9.59 Å². The van der Waals surface area contributed by atoms with Crippen molar-refractivity contribution in [2.45, 2.75) is 105 Å². The predicted molar refractivity (Wildman–Crippen MR) is 164 cm³/mol. The van der Waals surface area contributed by atoms with Gasteiger partial charge in [-0.15, -0.1) is 0 Å². The molecule has 0 aliphatic rings. The summed E-state index contributed by atoms with van der Waals surface area (Å²) >= 11 is 0. The maximum atomic E-state index is 12.9. The Morgan fingerprint density at radius 2 is 1.20 bits per heavy atom. The number of rotatable bonds is 11. The second-order valence-corrected chi connectivity index (χ2v) is 11.6. The van der Waals surface area contributed by atoms with E-state index in [2.05, 4.69) is 58.9 Å². The monoisotopic (exact) mass is 542 g/mol. The van der Waals surface area contributed by atoms with E-state index >= 15 is 0 Å². The van der Waals surface area contributed by atoms with Crippen molar-refractivity contribution < 1.29 is 19.1 Å². The van der Waals surface area contributed by atoms with Crippen molar-refractivity contribution in [2.24, 2.45) is 0 Å². The van der Waals surface area contributed by atoms with Crippen LogP contribution in [-0.4, -0.2) is 17.5 Å². The standard InChI is InChI=1S/C36H46O4/c1-10-35(8,11-2)31-20-18-29(22-24(31)5)26(7)30-19-21-32(25(6)23-30)39-33(37)27-14-16-28(17-15-27)34(38)40-36(9,12-3)13-4/h14-23,26H,10-13H2,1-9H3. The second-order valence-electron chi connectivity index (χ2n) is 11.6. The van der Waals surface area contributed by atoms with Crippen LogP contribution in [0, 0.1) is 13.8 Å². The van der Waals surface area contributed by atoms with Crippen LogP contribution in [0.5, 0.6) is 5.75 Å². The maximum absolute atomic E-state index is 12.9. The number of hydrogen-bond donors (Lipinski definition) is 0. The summed E-state index contributed by atoms with van der Waals surface area (Å²) in [7, 11) is 0. The third-order valence-corrected chi connectivity index (χ3v) is 9.05. The third kappa shape index (κ3) is 6.83. The lowest BCUT2D eigenvalue weighted by atomic mass is 9.75. The Kier molecular flexibility index (Phi) is 10.00. The van der Waals surface area contributed by atoms with E-state index in [1.165, 1.54) is 22.3 Å². The smallest absolute Gasteiger partial charge is 0.343 e. The molecule has 4 nitrogen and oxygen atoms in total. The van der Waals surface area contributed by atoms with Gasteiger partial charge in [0.1, 0.15) is 11.4 Å². The molecule has 4 heteroatoms. The van der Waals surface area contributed by atoms with E-state index in [4.69, 9.17) is 9.47 Å². The van der Waals surface area contributed by atoms with E-state index in [1.54, 1.807) is 24.3 Å². The van der Waals surface area contributed by atoms with Crippen LogP contribution < -0.4 is 4.74 Å². The summed E-state index contributed by atoms with van der Waals surface area (Å²) in [4.78, 5) is 25.4. The minimum absolute atomic E-state index is 0.198. The molecule has 0 spiro atoms. The molecule has 0 aliphatic heterocycles. The first-order chi connectivity index (χ1) is 18.9. The molecule has 3 rings (SSSR count). The first-order valence-corrected chi connectivity index (χ1v) is 14.7. The molecule has 0 aliphatic carbocycles. The molecule has 3 aromatic carbocycles. The summed E-state index contributed by atoms with van der Waals surface area (Å²) in [5.74, 6) is -0.113. The van der Waals surface area contributed by atoms with Crippen LogP contribution in [0.4, 0.5) is 0 Å². The molecule has 1 unspecified atom stereocenters. The molecule has 0 saturated carbocycles. The van der Waals surface area contributed by atoms with Crippen molar-refractivity contribution in [1.82, 2.24) is 0 Å². The van der Waals surface area contributed by atoms with E-state index in [9.17, 15) is 9.59 Å². The fraction of sp³-hybridized carbons (Fsp3) is 0.444. The zero-order chi connectivity index (χ0) is 29.7. The topological polar surface area (TPSA) is 52.6 Å². The molecule has 40 heavy (non-hydrogen) atoms. The van der Waals surface area contributed by atoms with Crippen molar-refractivity contribution in [3.63, 3.8) is 0 Å². The number of benzene rings is 3. The molecule has 0 bridgehead atoms. The SMILES string of the molecule is CCC(C)(CC)OC(=O)c1ccc(C(=O)Oc2ccc(C(C)c3ccc(C(C)(CC)CC)c(C)c3)cc2C)cc1. The highest BCUT2D eigenvalue weighted by Crippen LogP contribution is 2.36. The number of hydrogen-bond acceptors (Lipinski definition) is 4. The van der Waals surface area contributed by atoms with E-state index < -0.39 is 11.6 Å². The van der Waals surface area contributed by atoms with Crippen LogP contribution in [0.1, 0.15) is 129 Å². The van der Waals surface area contributed by atoms with Crippen molar-refractivity contribution in [1.29, 1.82) is 0 Å². The van der Waals surface area contributed by atoms with Crippen LogP contribution in [0.2, 0.25) is 0 Å². The van der Waals surface area contributed by atoms with E-state index in [0.717, 1.165) is 31.2 Å². The summed E-state index contributed by atoms with van der Waals surface area (Å²) in [5, 5.41) is 0. The third-order valence-electron chi connectivity index (χ3n) is 9.05. The molecular weight excluding hydrogens is 496 g/mol. The molecule has 0 fully saturated rings. The number of aryl methyl sites for hydroxylation is 2. The van der Waals surface area contributed by atoms with Gasteiger partial charge in [0.15, 0.2) is 0 Å². The van der Waals surface area contributed by atoms with Crippen molar-refractivity contribution >= 4 is 11.9 Å². The highest BCUT2D eigenvalue weighted by Gasteiger charge is 2.26. The number of carbonyl (C=O) groups is 2.